The van der Waals surface area contributed by atoms with Gasteiger partial charge in [-0.2, -0.15) is 0 Å². The van der Waals surface area contributed by atoms with Crippen LogP contribution in [0.15, 0.2) is 93.3 Å². The van der Waals surface area contributed by atoms with E-state index in [1.807, 2.05) is 0 Å². The number of nitrogens with two attached hydrogens (primary N) is 4. The normalized spacial score (nSPS) is 10.4. The fourth-order valence-corrected chi connectivity index (χ4v) is 2.95. The number of nitrogens with zero attached hydrogens (tertiary/aromatic N) is 6. The molecule has 0 aliphatic rings. The molecule has 0 amide bonds. The summed E-state index contributed by atoms with van der Waals surface area (Å²) in [4.78, 5) is 20.1. The van der Waals surface area contributed by atoms with E-state index >= 15 is 0 Å². The molecule has 0 radical (unpaired) electrons. The topological polar surface area (TPSA) is 361 Å². The first-order valence-electron chi connectivity index (χ1n) is 11.7. The number of rotatable bonds is 6. The van der Waals surface area contributed by atoms with E-state index in [2.05, 4.69) is 20.5 Å². The van der Waals surface area contributed by atoms with Gasteiger partial charge in [0.05, 0.1) is 21.2 Å². The Bertz CT molecular complexity index is 1770. The molecule has 0 saturated carbocycles. The van der Waals surface area contributed by atoms with E-state index in [9.17, 15) is 30.4 Å². The molecule has 0 aliphatic carbocycles. The number of anilines is 4. The Hall–Kier alpha value is -4.45. The summed E-state index contributed by atoms with van der Waals surface area (Å²) >= 11 is 0. The van der Waals surface area contributed by atoms with Gasteiger partial charge in [0, 0.05) is 46.0 Å². The molecule has 4 aromatic rings. The summed E-state index contributed by atoms with van der Waals surface area (Å²) in [6.07, 6.45) is 0. The predicted octanol–water partition coefficient (Wildman–Crippen LogP) is -1.57. The van der Waals surface area contributed by atoms with Crippen molar-refractivity contribution in [2.24, 2.45) is 20.5 Å². The van der Waals surface area contributed by atoms with Gasteiger partial charge in [0.25, 0.3) is 11.4 Å². The molecule has 47 heavy (non-hydrogen) atoms. The summed E-state index contributed by atoms with van der Waals surface area (Å²) in [6, 6.07) is 16.3. The van der Waals surface area contributed by atoms with Gasteiger partial charge < -0.3 is 42.3 Å². The summed E-state index contributed by atoms with van der Waals surface area (Å²) in [5.74, 6) is -0.429. The summed E-state index contributed by atoms with van der Waals surface area (Å²) in [5, 5.41) is 55.7. The molecule has 0 aromatic heterocycles. The van der Waals surface area contributed by atoms with Crippen LogP contribution in [-0.4, -0.2) is 37.6 Å². The number of phenolic OH excluding ortho intramolecular Hbond substituents is 2. The number of azo groups is 2. The van der Waals surface area contributed by atoms with Crippen LogP contribution < -0.4 is 82.0 Å². The molecule has 4 rings (SSSR count). The van der Waals surface area contributed by atoms with Gasteiger partial charge in [-0.05, 0) is 48.5 Å². The van der Waals surface area contributed by atoms with Gasteiger partial charge in [-0.3, -0.25) is 28.6 Å². The number of nitro groups is 2. The molecule has 10 N–H and O–H groups in total. The second-order valence-corrected chi connectivity index (χ2v) is 9.12. The maximum absolute atomic E-state index is 10.6. The minimum absolute atomic E-state index is 0. The number of hydrogen-bond acceptors (Lipinski definition) is 18. The number of nitro benzene ring substituents is 2. The first-order valence-corrected chi connectivity index (χ1v) is 13.0. The van der Waals surface area contributed by atoms with E-state index in [0.29, 0.717) is 34.1 Å². The maximum atomic E-state index is 10.6. The third-order valence-electron chi connectivity index (χ3n) is 4.97. The Morgan fingerprint density at radius 2 is 0.851 bits per heavy atom. The van der Waals surface area contributed by atoms with Crippen LogP contribution in [0.25, 0.3) is 0 Å². The van der Waals surface area contributed by atoms with Crippen molar-refractivity contribution in [2.45, 2.75) is 0 Å². The monoisotopic (exact) mass is 688 g/mol. The molecule has 4 aromatic carbocycles. The zero-order valence-electron chi connectivity index (χ0n) is 24.5. The first kappa shape index (κ1) is 42.6. The van der Waals surface area contributed by atoms with Crippen molar-refractivity contribution in [3.63, 3.8) is 0 Å². The van der Waals surface area contributed by atoms with E-state index in [1.165, 1.54) is 36.4 Å². The SMILES string of the molecule is Nc1ccc(N=Nc2cc([N+](=O)[O-])ccc2O)c(N)c1.Nc1ccc(N=Nc2cc([N+](=O)[O-])ccc2O)c(N)c1.O=S(=O)([O-])[O-].[Na+].[Na+]. The second kappa shape index (κ2) is 19.3. The molecule has 0 saturated heterocycles. The largest absolute Gasteiger partial charge is 1.00 e. The maximum Gasteiger partial charge on any atom is 1.00 e. The van der Waals surface area contributed by atoms with Crippen LogP contribution in [0, 0.1) is 20.2 Å². The molecular weight excluding hydrogens is 666 g/mol. The van der Waals surface area contributed by atoms with Crippen molar-refractivity contribution in [3.8, 4) is 11.5 Å². The summed E-state index contributed by atoms with van der Waals surface area (Å²) in [5.41, 5.74) is 24.4. The van der Waals surface area contributed by atoms with E-state index in [-0.39, 0.29) is 93.4 Å². The molecule has 0 heterocycles. The van der Waals surface area contributed by atoms with E-state index in [4.69, 9.17) is 40.5 Å². The standard InChI is InChI=1S/2C12H11N5O3.2Na.H2O4S/c2*13-7-1-3-10(9(14)5-7)15-16-11-6-8(17(19)20)2-4-12(11)18;;;1-5(2,3)4/h2*1-6,18H,13-14H2;;;(H2,1,2,3,4)/q;;2*+1;/p-2. The third kappa shape index (κ3) is 15.1. The number of non-ortho nitro benzene ring substituents is 2. The Morgan fingerprint density at radius 3 is 1.13 bits per heavy atom. The van der Waals surface area contributed by atoms with Crippen LogP contribution in [-0.2, 0) is 10.4 Å². The van der Waals surface area contributed by atoms with E-state index in [1.54, 1.807) is 24.3 Å². The number of aromatic hydroxyl groups is 2. The van der Waals surface area contributed by atoms with Crippen molar-refractivity contribution < 1.29 is 96.7 Å². The zero-order chi connectivity index (χ0) is 33.9. The Labute approximate surface area is 309 Å². The molecule has 0 fully saturated rings. The molecular formula is C24H22N10Na2O10S. The van der Waals surface area contributed by atoms with Crippen LogP contribution in [0.5, 0.6) is 11.5 Å². The van der Waals surface area contributed by atoms with Crippen LogP contribution in [0.3, 0.4) is 0 Å². The fourth-order valence-electron chi connectivity index (χ4n) is 2.95. The van der Waals surface area contributed by atoms with Crippen molar-refractivity contribution in [1.29, 1.82) is 0 Å². The van der Waals surface area contributed by atoms with Gasteiger partial charge in [-0.15, -0.1) is 20.5 Å². The van der Waals surface area contributed by atoms with Crippen molar-refractivity contribution in [1.82, 2.24) is 0 Å². The van der Waals surface area contributed by atoms with Gasteiger partial charge in [-0.25, -0.2) is 0 Å². The average Bonchev–Trinajstić information content (AvgIpc) is 2.93. The molecule has 0 unspecified atom stereocenters. The summed E-state index contributed by atoms with van der Waals surface area (Å²) < 4.78 is 34.1. The Kier molecular flexibility index (Phi) is 17.4. The van der Waals surface area contributed by atoms with Gasteiger partial charge in [0.1, 0.15) is 34.2 Å². The minimum atomic E-state index is -5.17. The molecule has 20 nitrogen and oxygen atoms in total. The van der Waals surface area contributed by atoms with Crippen LogP contribution in [0.2, 0.25) is 0 Å². The molecule has 0 bridgehead atoms. The van der Waals surface area contributed by atoms with E-state index < -0.39 is 20.2 Å². The Morgan fingerprint density at radius 1 is 0.553 bits per heavy atom. The zero-order valence-corrected chi connectivity index (χ0v) is 29.3. The van der Waals surface area contributed by atoms with E-state index in [0.717, 1.165) is 12.1 Å². The Balaban J connectivity index is 0.000000759. The third-order valence-corrected chi connectivity index (χ3v) is 4.97. The average molecular weight is 689 g/mol. The molecule has 23 heteroatoms. The summed E-state index contributed by atoms with van der Waals surface area (Å²) in [7, 11) is -5.17. The number of benzene rings is 4. The van der Waals surface area contributed by atoms with Crippen molar-refractivity contribution in [3.05, 3.63) is 93.0 Å². The molecule has 0 spiro atoms. The summed E-state index contributed by atoms with van der Waals surface area (Å²) in [6.45, 7) is 0. The van der Waals surface area contributed by atoms with Crippen molar-refractivity contribution in [2.75, 3.05) is 22.9 Å². The van der Waals surface area contributed by atoms with Gasteiger partial charge in [0.15, 0.2) is 0 Å². The molecule has 0 aliphatic heterocycles. The fraction of sp³-hybridized carbons (Fsp3) is 0. The second-order valence-electron chi connectivity index (χ2n) is 8.31. The first-order chi connectivity index (χ1) is 20.9. The van der Waals surface area contributed by atoms with Crippen LogP contribution >= 0.6 is 0 Å². The molecule has 0 atom stereocenters. The van der Waals surface area contributed by atoms with Gasteiger partial charge in [0.2, 0.25) is 0 Å². The smallest absolute Gasteiger partial charge is 0.759 e. The van der Waals surface area contributed by atoms with Crippen LogP contribution in [0.4, 0.5) is 56.9 Å². The van der Waals surface area contributed by atoms with Gasteiger partial charge in [-0.1, -0.05) is 0 Å². The number of phenols is 2. The predicted molar refractivity (Wildman–Crippen MR) is 159 cm³/mol. The van der Waals surface area contributed by atoms with Gasteiger partial charge >= 0.3 is 59.1 Å². The van der Waals surface area contributed by atoms with Crippen LogP contribution in [0.1, 0.15) is 0 Å². The molecule has 236 valence electrons. The number of nitrogen functional groups attached to an aromatic ring is 4. The van der Waals surface area contributed by atoms with Crippen molar-refractivity contribution >= 4 is 67.3 Å². The quantitative estimate of drug-likeness (QED) is 0.0254. The minimum Gasteiger partial charge on any atom is -0.759 e. The number of hydrogen-bond donors (Lipinski definition) is 6.